The summed E-state index contributed by atoms with van der Waals surface area (Å²) in [4.78, 5) is 32.0. The molecule has 0 aliphatic rings. The lowest BCUT2D eigenvalue weighted by Crippen LogP contribution is -2.29. The van der Waals surface area contributed by atoms with Gasteiger partial charge in [0.25, 0.3) is 5.56 Å². The maximum atomic E-state index is 13.0. The van der Waals surface area contributed by atoms with Crippen molar-refractivity contribution in [3.8, 4) is 0 Å². The fourth-order valence-corrected chi connectivity index (χ4v) is 4.07. The molecule has 1 amide bonds. The fraction of sp³-hybridized carbons (Fsp3) is 0.348. The summed E-state index contributed by atoms with van der Waals surface area (Å²) < 4.78 is 7.07. The first kappa shape index (κ1) is 22.1. The maximum absolute atomic E-state index is 13.0. The molecule has 0 aliphatic carbocycles. The van der Waals surface area contributed by atoms with E-state index >= 15 is 0 Å². The van der Waals surface area contributed by atoms with Gasteiger partial charge in [-0.05, 0) is 31.0 Å². The van der Waals surface area contributed by atoms with Crippen molar-refractivity contribution in [2.45, 2.75) is 31.6 Å². The van der Waals surface area contributed by atoms with Crippen molar-refractivity contribution >= 4 is 28.6 Å². The summed E-state index contributed by atoms with van der Waals surface area (Å²) in [5, 5.41) is 1.16. The van der Waals surface area contributed by atoms with Gasteiger partial charge >= 0.3 is 0 Å². The normalized spacial score (nSPS) is 11.0. The Morgan fingerprint density at radius 3 is 2.63 bits per heavy atom. The van der Waals surface area contributed by atoms with Crippen LogP contribution in [0.4, 0.5) is 0 Å². The van der Waals surface area contributed by atoms with Gasteiger partial charge in [0, 0.05) is 33.4 Å². The molecule has 6 nitrogen and oxygen atoms in total. The van der Waals surface area contributed by atoms with E-state index in [4.69, 9.17) is 4.74 Å². The molecule has 0 atom stereocenters. The standard InChI is InChI=1S/C23H27N3O3S/c1-3-29-15-9-14-26-22(28)19-12-7-8-13-20(19)24-23(26)30-17-21(27)25(2)16-18-10-5-4-6-11-18/h4-8,10-13H,3,9,14-17H2,1-2H3. The van der Waals surface area contributed by atoms with Crippen LogP contribution in [0.25, 0.3) is 10.9 Å². The molecule has 1 aromatic heterocycles. The molecule has 2 aromatic carbocycles. The van der Waals surface area contributed by atoms with Crippen LogP contribution in [0.1, 0.15) is 18.9 Å². The number of benzene rings is 2. The SMILES string of the molecule is CCOCCCn1c(SCC(=O)N(C)Cc2ccccc2)nc2ccccc2c1=O. The van der Waals surface area contributed by atoms with E-state index in [0.29, 0.717) is 48.8 Å². The second-order valence-electron chi connectivity index (χ2n) is 6.94. The predicted molar refractivity (Wildman–Crippen MR) is 121 cm³/mol. The molecule has 0 bridgehead atoms. The smallest absolute Gasteiger partial charge is 0.262 e. The first-order chi connectivity index (χ1) is 14.6. The van der Waals surface area contributed by atoms with Crippen molar-refractivity contribution < 1.29 is 9.53 Å². The number of carbonyl (C=O) groups excluding carboxylic acids is 1. The third-order valence-corrected chi connectivity index (χ3v) is 5.68. The number of nitrogens with zero attached hydrogens (tertiary/aromatic N) is 3. The highest BCUT2D eigenvalue weighted by molar-refractivity contribution is 7.99. The van der Waals surface area contributed by atoms with Gasteiger partial charge < -0.3 is 9.64 Å². The first-order valence-corrected chi connectivity index (χ1v) is 11.1. The van der Waals surface area contributed by atoms with Crippen molar-refractivity contribution in [3.05, 3.63) is 70.5 Å². The van der Waals surface area contributed by atoms with E-state index in [-0.39, 0.29) is 17.2 Å². The molecule has 0 saturated carbocycles. The van der Waals surface area contributed by atoms with E-state index < -0.39 is 0 Å². The number of hydrogen-bond acceptors (Lipinski definition) is 5. The molecular weight excluding hydrogens is 398 g/mol. The molecule has 0 unspecified atom stereocenters. The highest BCUT2D eigenvalue weighted by Gasteiger charge is 2.15. The number of ether oxygens (including phenoxy) is 1. The molecule has 30 heavy (non-hydrogen) atoms. The fourth-order valence-electron chi connectivity index (χ4n) is 3.11. The predicted octanol–water partition coefficient (Wildman–Crippen LogP) is 3.57. The zero-order valence-electron chi connectivity index (χ0n) is 17.4. The molecule has 0 spiro atoms. The molecule has 158 valence electrons. The summed E-state index contributed by atoms with van der Waals surface area (Å²) in [7, 11) is 1.79. The largest absolute Gasteiger partial charge is 0.382 e. The second-order valence-corrected chi connectivity index (χ2v) is 7.89. The van der Waals surface area contributed by atoms with Crippen LogP contribution in [0, 0.1) is 0 Å². The summed E-state index contributed by atoms with van der Waals surface area (Å²) >= 11 is 1.31. The number of para-hydroxylation sites is 1. The van der Waals surface area contributed by atoms with Crippen LogP contribution < -0.4 is 5.56 Å². The Labute approximate surface area is 180 Å². The Bertz CT molecular complexity index is 1040. The maximum Gasteiger partial charge on any atom is 0.262 e. The van der Waals surface area contributed by atoms with Crippen molar-refractivity contribution in [3.63, 3.8) is 0 Å². The number of fused-ring (bicyclic) bond motifs is 1. The van der Waals surface area contributed by atoms with Gasteiger partial charge in [-0.3, -0.25) is 14.2 Å². The van der Waals surface area contributed by atoms with Crippen molar-refractivity contribution in [1.29, 1.82) is 0 Å². The van der Waals surface area contributed by atoms with Crippen molar-refractivity contribution in [2.75, 3.05) is 26.0 Å². The van der Waals surface area contributed by atoms with Crippen LogP contribution in [0.5, 0.6) is 0 Å². The summed E-state index contributed by atoms with van der Waals surface area (Å²) in [6.07, 6.45) is 0.711. The number of hydrogen-bond donors (Lipinski definition) is 0. The van der Waals surface area contributed by atoms with Gasteiger partial charge in [0.15, 0.2) is 5.16 Å². The van der Waals surface area contributed by atoms with E-state index in [1.165, 1.54) is 11.8 Å². The van der Waals surface area contributed by atoms with Gasteiger partial charge in [0.1, 0.15) is 0 Å². The summed E-state index contributed by atoms with van der Waals surface area (Å²) in [5.74, 6) is 0.215. The van der Waals surface area contributed by atoms with Crippen LogP contribution in [-0.2, 0) is 22.6 Å². The number of thioether (sulfide) groups is 1. The van der Waals surface area contributed by atoms with Gasteiger partial charge in [-0.1, -0.05) is 54.2 Å². The summed E-state index contributed by atoms with van der Waals surface area (Å²) in [5.41, 5.74) is 1.65. The highest BCUT2D eigenvalue weighted by Crippen LogP contribution is 2.19. The first-order valence-electron chi connectivity index (χ1n) is 10.1. The minimum Gasteiger partial charge on any atom is -0.382 e. The van der Waals surface area contributed by atoms with E-state index in [2.05, 4.69) is 4.98 Å². The Kier molecular flexibility index (Phi) is 8.04. The number of rotatable bonds is 10. The Hall–Kier alpha value is -2.64. The number of aromatic nitrogens is 2. The van der Waals surface area contributed by atoms with Crippen LogP contribution in [-0.4, -0.2) is 46.4 Å². The Morgan fingerprint density at radius 1 is 1.13 bits per heavy atom. The van der Waals surface area contributed by atoms with Gasteiger partial charge in [-0.25, -0.2) is 4.98 Å². The monoisotopic (exact) mass is 425 g/mol. The molecule has 0 aliphatic heterocycles. The lowest BCUT2D eigenvalue weighted by atomic mass is 10.2. The molecule has 0 saturated heterocycles. The summed E-state index contributed by atoms with van der Waals surface area (Å²) in [6.45, 7) is 4.23. The van der Waals surface area contributed by atoms with Gasteiger partial charge in [-0.15, -0.1) is 0 Å². The minimum atomic E-state index is -0.0790. The molecule has 0 radical (unpaired) electrons. The van der Waals surface area contributed by atoms with E-state index in [1.807, 2.05) is 55.5 Å². The molecule has 0 fully saturated rings. The third-order valence-electron chi connectivity index (χ3n) is 4.71. The van der Waals surface area contributed by atoms with Gasteiger partial charge in [0.2, 0.25) is 5.91 Å². The van der Waals surface area contributed by atoms with Crippen molar-refractivity contribution in [2.24, 2.45) is 0 Å². The third kappa shape index (κ3) is 5.70. The zero-order chi connectivity index (χ0) is 21.3. The molecule has 7 heteroatoms. The second kappa shape index (κ2) is 10.9. The van der Waals surface area contributed by atoms with E-state index in [0.717, 1.165) is 5.56 Å². The highest BCUT2D eigenvalue weighted by atomic mass is 32.2. The Morgan fingerprint density at radius 2 is 1.87 bits per heavy atom. The molecule has 3 rings (SSSR count). The van der Waals surface area contributed by atoms with Crippen LogP contribution in [0.3, 0.4) is 0 Å². The van der Waals surface area contributed by atoms with Gasteiger partial charge in [0.05, 0.1) is 16.7 Å². The number of amides is 1. The van der Waals surface area contributed by atoms with Crippen LogP contribution in [0.2, 0.25) is 0 Å². The topological polar surface area (TPSA) is 64.4 Å². The Balaban J connectivity index is 1.74. The quantitative estimate of drug-likeness (QED) is 0.282. The van der Waals surface area contributed by atoms with Crippen LogP contribution >= 0.6 is 11.8 Å². The average Bonchev–Trinajstić information content (AvgIpc) is 2.77. The average molecular weight is 426 g/mol. The zero-order valence-corrected chi connectivity index (χ0v) is 18.2. The lowest BCUT2D eigenvalue weighted by molar-refractivity contribution is -0.127. The molecular formula is C23H27N3O3S. The van der Waals surface area contributed by atoms with Crippen LogP contribution in [0.15, 0.2) is 64.5 Å². The molecule has 0 N–H and O–H groups in total. The molecule has 1 heterocycles. The minimum absolute atomic E-state index is 0.00729. The van der Waals surface area contributed by atoms with Gasteiger partial charge in [-0.2, -0.15) is 0 Å². The lowest BCUT2D eigenvalue weighted by Gasteiger charge is -2.18. The molecule has 3 aromatic rings. The van der Waals surface area contributed by atoms with Crippen molar-refractivity contribution in [1.82, 2.24) is 14.5 Å². The summed E-state index contributed by atoms with van der Waals surface area (Å²) in [6, 6.07) is 17.2. The number of carbonyl (C=O) groups is 1. The van der Waals surface area contributed by atoms with E-state index in [1.54, 1.807) is 22.6 Å². The van der Waals surface area contributed by atoms with E-state index in [9.17, 15) is 9.59 Å².